The Morgan fingerprint density at radius 1 is 1.28 bits per heavy atom. The predicted molar refractivity (Wildman–Crippen MR) is 73.0 cm³/mol. The molecule has 0 saturated carbocycles. The SMILES string of the molecule is CCC(N)c1ccc(Oc2ccccc2Cl)cn1. The quantitative estimate of drug-likeness (QED) is 0.908. The summed E-state index contributed by atoms with van der Waals surface area (Å²) in [6.07, 6.45) is 2.52. The maximum absolute atomic E-state index is 6.01. The Morgan fingerprint density at radius 3 is 2.67 bits per heavy atom. The van der Waals surface area contributed by atoms with Crippen molar-refractivity contribution in [2.24, 2.45) is 5.73 Å². The van der Waals surface area contributed by atoms with Crippen molar-refractivity contribution >= 4 is 11.6 Å². The minimum absolute atomic E-state index is 0.0284. The zero-order valence-corrected chi connectivity index (χ0v) is 10.9. The summed E-state index contributed by atoms with van der Waals surface area (Å²) in [5, 5.41) is 0.576. The van der Waals surface area contributed by atoms with Crippen LogP contribution in [0.15, 0.2) is 42.6 Å². The first-order valence-electron chi connectivity index (χ1n) is 5.84. The molecule has 1 heterocycles. The minimum Gasteiger partial charge on any atom is -0.454 e. The van der Waals surface area contributed by atoms with E-state index in [0.717, 1.165) is 12.1 Å². The molecular weight excluding hydrogens is 248 g/mol. The molecule has 3 nitrogen and oxygen atoms in total. The van der Waals surface area contributed by atoms with Crippen molar-refractivity contribution in [1.29, 1.82) is 0 Å². The normalized spacial score (nSPS) is 12.2. The zero-order valence-electron chi connectivity index (χ0n) is 10.1. The number of aromatic nitrogens is 1. The average molecular weight is 263 g/mol. The monoisotopic (exact) mass is 262 g/mol. The molecule has 0 spiro atoms. The minimum atomic E-state index is -0.0284. The number of rotatable bonds is 4. The molecule has 0 fully saturated rings. The van der Waals surface area contributed by atoms with E-state index < -0.39 is 0 Å². The second-order valence-electron chi connectivity index (χ2n) is 3.97. The molecule has 0 radical (unpaired) electrons. The van der Waals surface area contributed by atoms with Gasteiger partial charge in [-0.3, -0.25) is 4.98 Å². The molecule has 2 rings (SSSR count). The maximum Gasteiger partial charge on any atom is 0.146 e. The second kappa shape index (κ2) is 5.85. The number of pyridine rings is 1. The second-order valence-corrected chi connectivity index (χ2v) is 4.37. The molecule has 0 saturated heterocycles. The fourth-order valence-electron chi connectivity index (χ4n) is 1.54. The number of benzene rings is 1. The number of nitrogens with two attached hydrogens (primary N) is 1. The zero-order chi connectivity index (χ0) is 13.0. The van der Waals surface area contributed by atoms with Gasteiger partial charge in [0.1, 0.15) is 11.5 Å². The summed E-state index contributed by atoms with van der Waals surface area (Å²) in [6.45, 7) is 2.03. The molecule has 1 unspecified atom stereocenters. The Bertz CT molecular complexity index is 513. The van der Waals surface area contributed by atoms with E-state index in [1.807, 2.05) is 37.3 Å². The summed E-state index contributed by atoms with van der Waals surface area (Å²) in [6, 6.07) is 11.0. The molecule has 2 aromatic rings. The van der Waals surface area contributed by atoms with Gasteiger partial charge in [0.25, 0.3) is 0 Å². The van der Waals surface area contributed by atoms with Crippen LogP contribution in [0.25, 0.3) is 0 Å². The molecule has 4 heteroatoms. The molecular formula is C14H15ClN2O. The number of hydrogen-bond donors (Lipinski definition) is 1. The fourth-order valence-corrected chi connectivity index (χ4v) is 1.71. The summed E-state index contributed by atoms with van der Waals surface area (Å²) < 4.78 is 5.64. The Kier molecular flexibility index (Phi) is 4.18. The largest absolute Gasteiger partial charge is 0.454 e. The topological polar surface area (TPSA) is 48.1 Å². The van der Waals surface area contributed by atoms with Crippen LogP contribution in [0.3, 0.4) is 0 Å². The van der Waals surface area contributed by atoms with Crippen molar-refractivity contribution in [3.63, 3.8) is 0 Å². The molecule has 0 amide bonds. The highest BCUT2D eigenvalue weighted by Crippen LogP contribution is 2.28. The van der Waals surface area contributed by atoms with E-state index in [2.05, 4.69) is 4.98 Å². The first-order valence-corrected chi connectivity index (χ1v) is 6.22. The smallest absolute Gasteiger partial charge is 0.146 e. The lowest BCUT2D eigenvalue weighted by molar-refractivity contribution is 0.479. The summed E-state index contributed by atoms with van der Waals surface area (Å²) in [5.41, 5.74) is 6.76. The summed E-state index contributed by atoms with van der Waals surface area (Å²) in [7, 11) is 0. The fraction of sp³-hybridized carbons (Fsp3) is 0.214. The number of nitrogens with zero attached hydrogens (tertiary/aromatic N) is 1. The van der Waals surface area contributed by atoms with Crippen LogP contribution in [0.4, 0.5) is 0 Å². The van der Waals surface area contributed by atoms with Crippen molar-refractivity contribution < 1.29 is 4.74 Å². The van der Waals surface area contributed by atoms with Gasteiger partial charge >= 0.3 is 0 Å². The summed E-state index contributed by atoms with van der Waals surface area (Å²) >= 11 is 6.01. The van der Waals surface area contributed by atoms with Crippen LogP contribution in [-0.2, 0) is 0 Å². The van der Waals surface area contributed by atoms with Crippen LogP contribution < -0.4 is 10.5 Å². The lowest BCUT2D eigenvalue weighted by atomic mass is 10.1. The van der Waals surface area contributed by atoms with Crippen molar-refractivity contribution in [2.75, 3.05) is 0 Å². The van der Waals surface area contributed by atoms with Crippen LogP contribution in [0.1, 0.15) is 25.1 Å². The lowest BCUT2D eigenvalue weighted by Gasteiger charge is -2.10. The Hall–Kier alpha value is -1.58. The van der Waals surface area contributed by atoms with Crippen LogP contribution in [0.5, 0.6) is 11.5 Å². The van der Waals surface area contributed by atoms with Crippen LogP contribution in [0.2, 0.25) is 5.02 Å². The summed E-state index contributed by atoms with van der Waals surface area (Å²) in [4.78, 5) is 4.28. The van der Waals surface area contributed by atoms with E-state index in [1.165, 1.54) is 0 Å². The first-order chi connectivity index (χ1) is 8.70. The highest BCUT2D eigenvalue weighted by Gasteiger charge is 2.06. The third kappa shape index (κ3) is 3.00. The number of ether oxygens (including phenoxy) is 1. The Labute approximate surface area is 112 Å². The highest BCUT2D eigenvalue weighted by atomic mass is 35.5. The number of hydrogen-bond acceptors (Lipinski definition) is 3. The highest BCUT2D eigenvalue weighted by molar-refractivity contribution is 6.32. The van der Waals surface area contributed by atoms with Crippen LogP contribution in [-0.4, -0.2) is 4.98 Å². The van der Waals surface area contributed by atoms with Crippen LogP contribution in [0, 0.1) is 0 Å². The van der Waals surface area contributed by atoms with Crippen molar-refractivity contribution in [1.82, 2.24) is 4.98 Å². The third-order valence-electron chi connectivity index (χ3n) is 2.64. The Morgan fingerprint density at radius 2 is 2.06 bits per heavy atom. The van der Waals surface area contributed by atoms with Gasteiger partial charge in [-0.2, -0.15) is 0 Å². The van der Waals surface area contributed by atoms with Gasteiger partial charge in [-0.15, -0.1) is 0 Å². The van der Waals surface area contributed by atoms with Gasteiger partial charge in [-0.25, -0.2) is 0 Å². The molecule has 2 N–H and O–H groups in total. The molecule has 1 atom stereocenters. The molecule has 1 aromatic heterocycles. The molecule has 0 aliphatic rings. The van der Waals surface area contributed by atoms with Gasteiger partial charge in [0.2, 0.25) is 0 Å². The lowest BCUT2D eigenvalue weighted by Crippen LogP contribution is -2.10. The van der Waals surface area contributed by atoms with Gasteiger partial charge in [0.15, 0.2) is 0 Å². The van der Waals surface area contributed by atoms with Gasteiger partial charge < -0.3 is 10.5 Å². The van der Waals surface area contributed by atoms with E-state index >= 15 is 0 Å². The van der Waals surface area contributed by atoms with Crippen molar-refractivity contribution in [3.8, 4) is 11.5 Å². The molecule has 94 valence electrons. The van der Waals surface area contributed by atoms with E-state index in [-0.39, 0.29) is 6.04 Å². The van der Waals surface area contributed by atoms with Gasteiger partial charge in [-0.1, -0.05) is 30.7 Å². The molecule has 0 bridgehead atoms. The summed E-state index contributed by atoms with van der Waals surface area (Å²) in [5.74, 6) is 1.27. The molecule has 1 aromatic carbocycles. The van der Waals surface area contributed by atoms with Gasteiger partial charge in [0.05, 0.1) is 16.9 Å². The van der Waals surface area contributed by atoms with E-state index in [9.17, 15) is 0 Å². The van der Waals surface area contributed by atoms with E-state index in [4.69, 9.17) is 22.1 Å². The number of halogens is 1. The molecule has 0 aliphatic heterocycles. The third-order valence-corrected chi connectivity index (χ3v) is 2.96. The number of para-hydroxylation sites is 1. The molecule has 18 heavy (non-hydrogen) atoms. The van der Waals surface area contributed by atoms with Crippen molar-refractivity contribution in [2.45, 2.75) is 19.4 Å². The molecule has 0 aliphatic carbocycles. The van der Waals surface area contributed by atoms with Gasteiger partial charge in [0, 0.05) is 6.04 Å². The Balaban J connectivity index is 2.14. The van der Waals surface area contributed by atoms with Crippen molar-refractivity contribution in [3.05, 3.63) is 53.3 Å². The standard InChI is InChI=1S/C14H15ClN2O/c1-2-12(16)13-8-7-10(9-17-13)18-14-6-4-3-5-11(14)15/h3-9,12H,2,16H2,1H3. The average Bonchev–Trinajstić information content (AvgIpc) is 2.41. The van der Waals surface area contributed by atoms with E-state index in [1.54, 1.807) is 12.3 Å². The maximum atomic E-state index is 6.01. The first kappa shape index (κ1) is 12.9. The van der Waals surface area contributed by atoms with Gasteiger partial charge in [-0.05, 0) is 30.7 Å². The van der Waals surface area contributed by atoms with Crippen LogP contribution >= 0.6 is 11.6 Å². The predicted octanol–water partition coefficient (Wildman–Crippen LogP) is 3.94. The van der Waals surface area contributed by atoms with E-state index in [0.29, 0.717) is 16.5 Å².